The fraction of sp³-hybridized carbons (Fsp3) is 0.269. The Balaban J connectivity index is 1.43. The Kier molecular flexibility index (Phi) is 4.74. The van der Waals surface area contributed by atoms with Gasteiger partial charge in [0.25, 0.3) is 5.91 Å². The van der Waals surface area contributed by atoms with Gasteiger partial charge in [-0.2, -0.15) is 0 Å². The fourth-order valence-electron chi connectivity index (χ4n) is 5.13. The molecule has 2 aliphatic rings. The fourth-order valence-corrected chi connectivity index (χ4v) is 5.13. The Hall–Kier alpha value is -3.74. The van der Waals surface area contributed by atoms with E-state index in [1.807, 2.05) is 31.2 Å². The Morgan fingerprint density at radius 1 is 1.09 bits per heavy atom. The summed E-state index contributed by atoms with van der Waals surface area (Å²) in [5, 5.41) is 2.85. The molecule has 7 heteroatoms. The second-order valence-corrected chi connectivity index (χ2v) is 8.86. The minimum absolute atomic E-state index is 0.325. The lowest BCUT2D eigenvalue weighted by atomic mass is 9.92. The van der Waals surface area contributed by atoms with Crippen molar-refractivity contribution < 1.29 is 18.8 Å². The zero-order chi connectivity index (χ0) is 23.5. The van der Waals surface area contributed by atoms with Gasteiger partial charge in [0.2, 0.25) is 0 Å². The first kappa shape index (κ1) is 21.1. The molecular formula is C26H24FN3O3. The first-order valence-electron chi connectivity index (χ1n) is 10.9. The molecule has 2 heterocycles. The molecule has 1 spiro atoms. The zero-order valence-corrected chi connectivity index (χ0v) is 18.7. The van der Waals surface area contributed by atoms with Crippen LogP contribution in [0.5, 0.6) is 0 Å². The molecular weight excluding hydrogens is 421 g/mol. The number of ketones is 1. The van der Waals surface area contributed by atoms with Crippen molar-refractivity contribution in [2.45, 2.75) is 39.2 Å². The standard InChI is InChI=1S/C26H24FN3O3/c1-15-8-9-19(13-22(15)27)30-16(2)12-20(17(30)3)23(31)14-29-24(32)26(28-25(29)33)11-10-18-6-4-5-7-21(18)26/h4-9,12-13H,10-11,14H2,1-3H3,(H,28,33)/t26-/m0/s1. The summed E-state index contributed by atoms with van der Waals surface area (Å²) in [6.45, 7) is 4.95. The lowest BCUT2D eigenvalue weighted by Gasteiger charge is -2.22. The van der Waals surface area contributed by atoms with E-state index in [4.69, 9.17) is 0 Å². The van der Waals surface area contributed by atoms with Crippen molar-refractivity contribution in [1.29, 1.82) is 0 Å². The largest absolute Gasteiger partial charge is 0.325 e. The summed E-state index contributed by atoms with van der Waals surface area (Å²) in [6.07, 6.45) is 1.17. The van der Waals surface area contributed by atoms with Crippen LogP contribution in [0.4, 0.5) is 9.18 Å². The number of aryl methyl sites for hydroxylation is 3. The van der Waals surface area contributed by atoms with Crippen LogP contribution in [-0.2, 0) is 16.8 Å². The van der Waals surface area contributed by atoms with E-state index < -0.39 is 11.6 Å². The maximum Gasteiger partial charge on any atom is 0.325 e. The first-order chi connectivity index (χ1) is 15.7. The summed E-state index contributed by atoms with van der Waals surface area (Å²) >= 11 is 0. The number of hydrogen-bond donors (Lipinski definition) is 1. The molecule has 3 amide bonds. The van der Waals surface area contributed by atoms with Crippen LogP contribution in [0.3, 0.4) is 0 Å². The van der Waals surface area contributed by atoms with Gasteiger partial charge < -0.3 is 9.88 Å². The summed E-state index contributed by atoms with van der Waals surface area (Å²) in [7, 11) is 0. The molecule has 1 aliphatic carbocycles. The maximum absolute atomic E-state index is 14.1. The highest BCUT2D eigenvalue weighted by atomic mass is 19.1. The Bertz CT molecular complexity index is 1340. The lowest BCUT2D eigenvalue weighted by Crippen LogP contribution is -2.42. The Morgan fingerprint density at radius 2 is 1.85 bits per heavy atom. The molecule has 1 N–H and O–H groups in total. The van der Waals surface area contributed by atoms with Crippen LogP contribution in [0.2, 0.25) is 0 Å². The summed E-state index contributed by atoms with van der Waals surface area (Å²) in [5.74, 6) is -1.05. The molecule has 33 heavy (non-hydrogen) atoms. The number of carbonyl (C=O) groups is 3. The summed E-state index contributed by atoms with van der Waals surface area (Å²) in [4.78, 5) is 40.4. The maximum atomic E-state index is 14.1. The number of nitrogens with one attached hydrogen (secondary N) is 1. The molecule has 168 valence electrons. The van der Waals surface area contributed by atoms with Crippen molar-refractivity contribution in [1.82, 2.24) is 14.8 Å². The molecule has 1 fully saturated rings. The molecule has 0 unspecified atom stereocenters. The first-order valence-corrected chi connectivity index (χ1v) is 10.9. The molecule has 1 atom stereocenters. The van der Waals surface area contributed by atoms with Crippen LogP contribution >= 0.6 is 0 Å². The van der Waals surface area contributed by atoms with Gasteiger partial charge in [0.05, 0.1) is 6.54 Å². The molecule has 2 aromatic carbocycles. The van der Waals surface area contributed by atoms with Crippen molar-refractivity contribution in [3.63, 3.8) is 0 Å². The van der Waals surface area contributed by atoms with Gasteiger partial charge in [0.1, 0.15) is 11.4 Å². The third-order valence-corrected chi connectivity index (χ3v) is 6.87. The molecule has 5 rings (SSSR count). The van der Waals surface area contributed by atoms with Gasteiger partial charge in [0.15, 0.2) is 5.78 Å². The number of amides is 3. The second-order valence-electron chi connectivity index (χ2n) is 8.86. The van der Waals surface area contributed by atoms with Crippen molar-refractivity contribution in [2.75, 3.05) is 6.54 Å². The van der Waals surface area contributed by atoms with E-state index in [0.29, 0.717) is 35.3 Å². The SMILES string of the molecule is Cc1ccc(-n2c(C)cc(C(=O)CN3C(=O)N[C@]4(CCc5ccccc54)C3=O)c2C)cc1F. The number of benzene rings is 2. The van der Waals surface area contributed by atoms with E-state index in [1.54, 1.807) is 36.6 Å². The number of halogens is 1. The number of hydrogen-bond acceptors (Lipinski definition) is 3. The minimum atomic E-state index is -1.09. The average Bonchev–Trinajstić information content (AvgIpc) is 3.38. The van der Waals surface area contributed by atoms with E-state index in [9.17, 15) is 18.8 Å². The predicted octanol–water partition coefficient (Wildman–Crippen LogP) is 4.12. The number of fused-ring (bicyclic) bond motifs is 2. The Morgan fingerprint density at radius 3 is 2.61 bits per heavy atom. The van der Waals surface area contributed by atoms with Crippen molar-refractivity contribution in [2.24, 2.45) is 0 Å². The van der Waals surface area contributed by atoms with Gasteiger partial charge in [-0.05, 0) is 68.5 Å². The number of rotatable bonds is 4. The van der Waals surface area contributed by atoms with E-state index in [1.165, 1.54) is 6.07 Å². The van der Waals surface area contributed by atoms with Crippen molar-refractivity contribution in [3.8, 4) is 5.69 Å². The molecule has 0 saturated carbocycles. The summed E-state index contributed by atoms with van der Waals surface area (Å²) < 4.78 is 15.9. The Labute approximate surface area is 191 Å². The number of aromatic nitrogens is 1. The normalized spacial score (nSPS) is 19.3. The number of carbonyl (C=O) groups excluding carboxylic acids is 3. The van der Waals surface area contributed by atoms with Gasteiger partial charge in [-0.1, -0.05) is 30.3 Å². The molecule has 1 aromatic heterocycles. The summed E-state index contributed by atoms with van der Waals surface area (Å²) in [5.41, 5.74) is 3.70. The molecule has 0 bridgehead atoms. The quantitative estimate of drug-likeness (QED) is 0.485. The molecule has 1 aliphatic heterocycles. The number of nitrogens with zero attached hydrogens (tertiary/aromatic N) is 2. The van der Waals surface area contributed by atoms with Crippen LogP contribution in [0.25, 0.3) is 5.69 Å². The third kappa shape index (κ3) is 3.10. The van der Waals surface area contributed by atoms with E-state index >= 15 is 0 Å². The molecule has 1 saturated heterocycles. The van der Waals surface area contributed by atoms with Crippen molar-refractivity contribution in [3.05, 3.63) is 88.0 Å². The average molecular weight is 445 g/mol. The van der Waals surface area contributed by atoms with E-state index in [0.717, 1.165) is 21.7 Å². The molecule has 3 aromatic rings. The van der Waals surface area contributed by atoms with Gasteiger partial charge in [-0.3, -0.25) is 14.5 Å². The second kappa shape index (κ2) is 7.40. The van der Waals surface area contributed by atoms with Crippen LogP contribution in [0.15, 0.2) is 48.5 Å². The smallest absolute Gasteiger partial charge is 0.319 e. The lowest BCUT2D eigenvalue weighted by molar-refractivity contribution is -0.131. The predicted molar refractivity (Wildman–Crippen MR) is 121 cm³/mol. The third-order valence-electron chi connectivity index (χ3n) is 6.87. The number of urea groups is 1. The molecule has 6 nitrogen and oxygen atoms in total. The number of Topliss-reactive ketones (excluding diaryl/α,β-unsaturated/α-hetero) is 1. The monoisotopic (exact) mass is 445 g/mol. The van der Waals surface area contributed by atoms with Gasteiger partial charge in [-0.15, -0.1) is 0 Å². The topological polar surface area (TPSA) is 71.4 Å². The van der Waals surface area contributed by atoms with Gasteiger partial charge >= 0.3 is 6.03 Å². The van der Waals surface area contributed by atoms with Gasteiger partial charge in [0, 0.05) is 22.6 Å². The van der Waals surface area contributed by atoms with Gasteiger partial charge in [-0.25, -0.2) is 9.18 Å². The highest BCUT2D eigenvalue weighted by molar-refractivity contribution is 6.12. The van der Waals surface area contributed by atoms with E-state index in [2.05, 4.69) is 5.32 Å². The number of imide groups is 1. The minimum Gasteiger partial charge on any atom is -0.319 e. The highest BCUT2D eigenvalue weighted by Gasteiger charge is 2.55. The van der Waals surface area contributed by atoms with Crippen molar-refractivity contribution >= 4 is 17.7 Å². The van der Waals surface area contributed by atoms with Crippen LogP contribution in [-0.4, -0.2) is 33.7 Å². The zero-order valence-electron chi connectivity index (χ0n) is 18.7. The highest BCUT2D eigenvalue weighted by Crippen LogP contribution is 2.41. The summed E-state index contributed by atoms with van der Waals surface area (Å²) in [6, 6.07) is 13.7. The van der Waals surface area contributed by atoms with Crippen LogP contribution < -0.4 is 5.32 Å². The van der Waals surface area contributed by atoms with Crippen LogP contribution in [0.1, 0.15) is 44.9 Å². The van der Waals surface area contributed by atoms with E-state index in [-0.39, 0.29) is 24.1 Å². The van der Waals surface area contributed by atoms with Crippen LogP contribution in [0, 0.1) is 26.6 Å². The molecule has 0 radical (unpaired) electrons.